The minimum absolute atomic E-state index is 0.124. The van der Waals surface area contributed by atoms with Crippen LogP contribution in [-0.4, -0.2) is 57.6 Å². The van der Waals surface area contributed by atoms with Crippen LogP contribution in [0, 0.1) is 5.92 Å². The van der Waals surface area contributed by atoms with E-state index in [0.717, 1.165) is 16.1 Å². The third kappa shape index (κ3) is 8.43. The minimum atomic E-state index is -3.81. The van der Waals surface area contributed by atoms with Crippen molar-refractivity contribution < 1.29 is 22.7 Å². The summed E-state index contributed by atoms with van der Waals surface area (Å²) >= 11 is 6.01. The van der Waals surface area contributed by atoms with Crippen LogP contribution in [0.2, 0.25) is 5.02 Å². The predicted octanol–water partition coefficient (Wildman–Crippen LogP) is 3.69. The number of anilines is 1. The molecule has 35 heavy (non-hydrogen) atoms. The molecule has 2 amide bonds. The summed E-state index contributed by atoms with van der Waals surface area (Å²) in [5.41, 5.74) is 1.06. The number of methoxy groups -OCH3 is 1. The van der Waals surface area contributed by atoms with Gasteiger partial charge in [-0.3, -0.25) is 13.9 Å². The Hall–Kier alpha value is -2.78. The van der Waals surface area contributed by atoms with Gasteiger partial charge in [-0.05, 0) is 42.2 Å². The molecule has 0 heterocycles. The van der Waals surface area contributed by atoms with Gasteiger partial charge in [0.2, 0.25) is 21.8 Å². The fourth-order valence-corrected chi connectivity index (χ4v) is 4.48. The van der Waals surface area contributed by atoms with E-state index < -0.39 is 28.5 Å². The van der Waals surface area contributed by atoms with E-state index in [2.05, 4.69) is 5.32 Å². The van der Waals surface area contributed by atoms with E-state index in [9.17, 15) is 18.0 Å². The number of amides is 2. The van der Waals surface area contributed by atoms with Crippen LogP contribution in [0.3, 0.4) is 0 Å². The van der Waals surface area contributed by atoms with Crippen molar-refractivity contribution in [3.05, 3.63) is 59.1 Å². The van der Waals surface area contributed by atoms with Crippen LogP contribution in [0.15, 0.2) is 48.5 Å². The molecule has 2 aromatic carbocycles. The number of sulfonamides is 1. The highest BCUT2D eigenvalue weighted by Crippen LogP contribution is 2.24. The Morgan fingerprint density at radius 1 is 1.11 bits per heavy atom. The van der Waals surface area contributed by atoms with Gasteiger partial charge in [0.25, 0.3) is 0 Å². The zero-order valence-corrected chi connectivity index (χ0v) is 22.4. The van der Waals surface area contributed by atoms with Crippen LogP contribution in [-0.2, 0) is 26.2 Å². The number of benzene rings is 2. The molecule has 0 unspecified atom stereocenters. The third-order valence-electron chi connectivity index (χ3n) is 5.36. The fraction of sp³-hybridized carbons (Fsp3) is 0.440. The van der Waals surface area contributed by atoms with Gasteiger partial charge in [0.1, 0.15) is 18.3 Å². The zero-order valence-electron chi connectivity index (χ0n) is 20.8. The lowest BCUT2D eigenvalue weighted by molar-refractivity contribution is -0.140. The SMILES string of the molecule is CC[C@H](C(=O)NCC(C)C)N(Cc1ccc(Cl)cc1)C(=O)CN(c1cccc(OC)c1)S(C)(=O)=O. The van der Waals surface area contributed by atoms with Gasteiger partial charge in [0, 0.05) is 24.2 Å². The number of nitrogens with zero attached hydrogens (tertiary/aromatic N) is 2. The number of halogens is 1. The van der Waals surface area contributed by atoms with E-state index in [1.807, 2.05) is 20.8 Å². The number of nitrogens with one attached hydrogen (secondary N) is 1. The summed E-state index contributed by atoms with van der Waals surface area (Å²) in [6, 6.07) is 12.7. The second kappa shape index (κ2) is 12.8. The Labute approximate surface area is 213 Å². The molecule has 0 aliphatic rings. The predicted molar refractivity (Wildman–Crippen MR) is 139 cm³/mol. The number of hydrogen-bond donors (Lipinski definition) is 1. The second-order valence-corrected chi connectivity index (χ2v) is 11.0. The lowest BCUT2D eigenvalue weighted by atomic mass is 10.1. The molecule has 192 valence electrons. The molecular formula is C25H34ClN3O5S. The Kier molecular flexibility index (Phi) is 10.4. The molecule has 8 nitrogen and oxygen atoms in total. The van der Waals surface area contributed by atoms with E-state index in [4.69, 9.17) is 16.3 Å². The zero-order chi connectivity index (χ0) is 26.2. The number of rotatable bonds is 12. The number of ether oxygens (including phenoxy) is 1. The van der Waals surface area contributed by atoms with Crippen LogP contribution in [0.1, 0.15) is 32.8 Å². The first-order valence-corrected chi connectivity index (χ1v) is 13.6. The molecule has 2 aromatic rings. The molecule has 1 N–H and O–H groups in total. The van der Waals surface area contributed by atoms with E-state index in [-0.39, 0.29) is 18.4 Å². The van der Waals surface area contributed by atoms with Crippen molar-refractivity contribution in [2.75, 3.05) is 30.8 Å². The molecular weight excluding hydrogens is 490 g/mol. The first-order valence-electron chi connectivity index (χ1n) is 11.4. The highest BCUT2D eigenvalue weighted by molar-refractivity contribution is 7.92. The van der Waals surface area contributed by atoms with Crippen LogP contribution >= 0.6 is 11.6 Å². The maximum atomic E-state index is 13.6. The summed E-state index contributed by atoms with van der Waals surface area (Å²) in [4.78, 5) is 28.1. The van der Waals surface area contributed by atoms with Gasteiger partial charge >= 0.3 is 0 Å². The first kappa shape index (κ1) is 28.5. The van der Waals surface area contributed by atoms with E-state index in [1.54, 1.807) is 48.5 Å². The van der Waals surface area contributed by atoms with E-state index >= 15 is 0 Å². The Morgan fingerprint density at radius 3 is 2.31 bits per heavy atom. The third-order valence-corrected chi connectivity index (χ3v) is 6.75. The van der Waals surface area contributed by atoms with E-state index in [0.29, 0.717) is 29.4 Å². The highest BCUT2D eigenvalue weighted by Gasteiger charge is 2.31. The van der Waals surface area contributed by atoms with Crippen molar-refractivity contribution in [1.29, 1.82) is 0 Å². The summed E-state index contributed by atoms with van der Waals surface area (Å²) < 4.78 is 31.5. The van der Waals surface area contributed by atoms with Gasteiger partial charge < -0.3 is 15.0 Å². The van der Waals surface area contributed by atoms with Crippen LogP contribution in [0.4, 0.5) is 5.69 Å². The maximum absolute atomic E-state index is 13.6. The molecule has 0 aliphatic carbocycles. The second-order valence-electron chi connectivity index (χ2n) is 8.68. The summed E-state index contributed by atoms with van der Waals surface area (Å²) in [7, 11) is -2.34. The quantitative estimate of drug-likeness (QED) is 0.457. The minimum Gasteiger partial charge on any atom is -0.497 e. The molecule has 0 aliphatic heterocycles. The number of hydrogen-bond acceptors (Lipinski definition) is 5. The average molecular weight is 524 g/mol. The molecule has 10 heteroatoms. The Morgan fingerprint density at radius 2 is 1.77 bits per heavy atom. The summed E-state index contributed by atoms with van der Waals surface area (Å²) in [6.07, 6.45) is 1.40. The molecule has 0 aromatic heterocycles. The van der Waals surface area contributed by atoms with Crippen molar-refractivity contribution in [2.45, 2.75) is 39.8 Å². The first-order chi connectivity index (χ1) is 16.5. The standard InChI is InChI=1S/C25H34ClN3O5S/c1-6-23(25(31)27-15-18(2)3)28(16-19-10-12-20(26)13-11-19)24(30)17-29(35(5,32)33)21-8-7-9-22(14-21)34-4/h7-14,18,23H,6,15-17H2,1-5H3,(H,27,31)/t23-/m1/s1. The van der Waals surface area contributed by atoms with E-state index in [1.165, 1.54) is 12.0 Å². The van der Waals surface area contributed by atoms with Crippen molar-refractivity contribution in [3.63, 3.8) is 0 Å². The summed E-state index contributed by atoms with van der Waals surface area (Å²) in [5, 5.41) is 3.44. The number of carbonyl (C=O) groups is 2. The molecule has 0 fully saturated rings. The normalized spacial score (nSPS) is 12.2. The smallest absolute Gasteiger partial charge is 0.244 e. The summed E-state index contributed by atoms with van der Waals surface area (Å²) in [5.74, 6) is -0.0812. The monoisotopic (exact) mass is 523 g/mol. The molecule has 1 atom stereocenters. The van der Waals surface area contributed by atoms with Crippen LogP contribution < -0.4 is 14.4 Å². The molecule has 0 radical (unpaired) electrons. The molecule has 0 bridgehead atoms. The van der Waals surface area contributed by atoms with Crippen molar-refractivity contribution in [1.82, 2.24) is 10.2 Å². The van der Waals surface area contributed by atoms with Gasteiger partial charge in [-0.25, -0.2) is 8.42 Å². The molecule has 0 saturated carbocycles. The average Bonchev–Trinajstić information content (AvgIpc) is 2.81. The topological polar surface area (TPSA) is 96.0 Å². The van der Waals surface area contributed by atoms with Crippen molar-refractivity contribution in [2.24, 2.45) is 5.92 Å². The van der Waals surface area contributed by atoms with Crippen molar-refractivity contribution in [3.8, 4) is 5.75 Å². The van der Waals surface area contributed by atoms with Gasteiger partial charge in [0.05, 0.1) is 19.1 Å². The lowest BCUT2D eigenvalue weighted by Crippen LogP contribution is -2.52. The summed E-state index contributed by atoms with van der Waals surface area (Å²) in [6.45, 7) is 5.91. The largest absolute Gasteiger partial charge is 0.497 e. The van der Waals surface area contributed by atoms with Crippen molar-refractivity contribution >= 4 is 39.1 Å². The molecule has 2 rings (SSSR count). The molecule has 0 saturated heterocycles. The van der Waals surface area contributed by atoms with Crippen LogP contribution in [0.25, 0.3) is 0 Å². The van der Waals surface area contributed by atoms with Gasteiger partial charge in [0.15, 0.2) is 0 Å². The van der Waals surface area contributed by atoms with Gasteiger partial charge in [-0.2, -0.15) is 0 Å². The lowest BCUT2D eigenvalue weighted by Gasteiger charge is -2.33. The Balaban J connectivity index is 2.42. The maximum Gasteiger partial charge on any atom is 0.244 e. The number of carbonyl (C=O) groups excluding carboxylic acids is 2. The van der Waals surface area contributed by atoms with Crippen LogP contribution in [0.5, 0.6) is 5.75 Å². The fourth-order valence-electron chi connectivity index (χ4n) is 3.51. The highest BCUT2D eigenvalue weighted by atomic mass is 35.5. The van der Waals surface area contributed by atoms with Gasteiger partial charge in [-0.1, -0.05) is 50.6 Å². The van der Waals surface area contributed by atoms with Gasteiger partial charge in [-0.15, -0.1) is 0 Å². The Bertz CT molecular complexity index is 1110. The molecule has 0 spiro atoms.